The molecule has 1 atom stereocenters. The summed E-state index contributed by atoms with van der Waals surface area (Å²) in [5.41, 5.74) is 0.785. The Balaban J connectivity index is 1.84. The average Bonchev–Trinajstić information content (AvgIpc) is 3.04. The molecular formula is C18H30N4O2. The predicted molar refractivity (Wildman–Crippen MR) is 96.1 cm³/mol. The number of hydrogen-bond acceptors (Lipinski definition) is 4. The van der Waals surface area contributed by atoms with Gasteiger partial charge in [0.1, 0.15) is 0 Å². The minimum atomic E-state index is -0.0915. The average molecular weight is 334 g/mol. The van der Waals surface area contributed by atoms with E-state index in [1.807, 2.05) is 0 Å². The molecule has 2 heterocycles. The zero-order valence-corrected chi connectivity index (χ0v) is 15.1. The van der Waals surface area contributed by atoms with Crippen molar-refractivity contribution in [3.63, 3.8) is 0 Å². The van der Waals surface area contributed by atoms with Crippen LogP contribution in [0.1, 0.15) is 46.0 Å². The molecule has 6 nitrogen and oxygen atoms in total. The molecule has 1 aromatic rings. The molecule has 0 aromatic carbocycles. The molecule has 0 spiro atoms. The summed E-state index contributed by atoms with van der Waals surface area (Å²) in [5.74, 6) is 0.785. The van der Waals surface area contributed by atoms with Crippen LogP contribution in [0.2, 0.25) is 0 Å². The molecule has 6 heteroatoms. The molecule has 24 heavy (non-hydrogen) atoms. The lowest BCUT2D eigenvalue weighted by atomic mass is 9.97. The largest absolute Gasteiger partial charge is 0.370 e. The number of anilines is 1. The van der Waals surface area contributed by atoms with Gasteiger partial charge in [-0.1, -0.05) is 26.7 Å². The predicted octanol–water partition coefficient (Wildman–Crippen LogP) is 1.94. The summed E-state index contributed by atoms with van der Waals surface area (Å²) in [6, 6.07) is 1.63. The van der Waals surface area contributed by atoms with E-state index in [2.05, 4.69) is 29.2 Å². The van der Waals surface area contributed by atoms with Gasteiger partial charge in [-0.05, 0) is 25.2 Å². The first kappa shape index (κ1) is 18.5. The smallest absolute Gasteiger partial charge is 0.268 e. The van der Waals surface area contributed by atoms with Crippen molar-refractivity contribution in [2.24, 2.45) is 18.9 Å². The number of rotatable bonds is 8. The normalized spacial score (nSPS) is 17.5. The van der Waals surface area contributed by atoms with Gasteiger partial charge in [0.2, 0.25) is 5.91 Å². The second-order valence-corrected chi connectivity index (χ2v) is 6.80. The van der Waals surface area contributed by atoms with Crippen LogP contribution in [-0.2, 0) is 11.8 Å². The van der Waals surface area contributed by atoms with Crippen molar-refractivity contribution in [3.8, 4) is 0 Å². The molecule has 0 radical (unpaired) electrons. The highest BCUT2D eigenvalue weighted by Crippen LogP contribution is 2.22. The fraction of sp³-hybridized carbons (Fsp3) is 0.722. The van der Waals surface area contributed by atoms with E-state index in [0.29, 0.717) is 5.92 Å². The van der Waals surface area contributed by atoms with E-state index < -0.39 is 0 Å². The summed E-state index contributed by atoms with van der Waals surface area (Å²) in [6.45, 7) is 6.74. The van der Waals surface area contributed by atoms with Crippen LogP contribution in [0, 0.1) is 11.8 Å². The van der Waals surface area contributed by atoms with E-state index in [1.165, 1.54) is 4.68 Å². The van der Waals surface area contributed by atoms with Gasteiger partial charge in [-0.25, -0.2) is 4.68 Å². The van der Waals surface area contributed by atoms with Crippen LogP contribution < -0.4 is 15.8 Å². The lowest BCUT2D eigenvalue weighted by Crippen LogP contribution is -2.35. The van der Waals surface area contributed by atoms with E-state index in [1.54, 1.807) is 19.3 Å². The van der Waals surface area contributed by atoms with Crippen molar-refractivity contribution >= 4 is 11.6 Å². The Bertz CT molecular complexity index is 593. The Morgan fingerprint density at radius 3 is 2.71 bits per heavy atom. The first-order valence-corrected chi connectivity index (χ1v) is 9.11. The summed E-state index contributed by atoms with van der Waals surface area (Å²) in [6.07, 6.45) is 6.80. The molecule has 1 aromatic heterocycles. The number of nitrogens with one attached hydrogen (secondary N) is 1. The summed E-state index contributed by atoms with van der Waals surface area (Å²) in [7, 11) is 1.65. The number of amides is 1. The van der Waals surface area contributed by atoms with Crippen LogP contribution in [0.4, 0.5) is 5.69 Å². The van der Waals surface area contributed by atoms with Gasteiger partial charge in [-0.15, -0.1) is 0 Å². The molecule has 1 amide bonds. The van der Waals surface area contributed by atoms with E-state index in [-0.39, 0.29) is 17.4 Å². The number of nitrogens with zero attached hydrogens (tertiary/aromatic N) is 3. The molecule has 1 aliphatic rings. The molecule has 2 rings (SSSR count). The van der Waals surface area contributed by atoms with Gasteiger partial charge in [0.05, 0.1) is 11.9 Å². The van der Waals surface area contributed by atoms with Crippen LogP contribution >= 0.6 is 0 Å². The van der Waals surface area contributed by atoms with Crippen LogP contribution in [-0.4, -0.2) is 35.3 Å². The minimum absolute atomic E-state index is 0.0915. The lowest BCUT2D eigenvalue weighted by molar-refractivity contribution is -0.125. The van der Waals surface area contributed by atoms with E-state index in [9.17, 15) is 9.59 Å². The molecule has 0 bridgehead atoms. The Morgan fingerprint density at radius 2 is 2.08 bits per heavy atom. The third-order valence-electron chi connectivity index (χ3n) is 4.81. The maximum absolute atomic E-state index is 12.3. The fourth-order valence-electron chi connectivity index (χ4n) is 3.36. The van der Waals surface area contributed by atoms with Crippen molar-refractivity contribution in [2.45, 2.75) is 46.0 Å². The quantitative estimate of drug-likeness (QED) is 0.789. The SMILES string of the molecule is CCCC(CCC)C(=O)NC[C@H]1CCN(c2cnn(C)c(=O)c2)C1. The Morgan fingerprint density at radius 1 is 1.38 bits per heavy atom. The van der Waals surface area contributed by atoms with Gasteiger partial charge in [0.15, 0.2) is 0 Å². The number of hydrogen-bond donors (Lipinski definition) is 1. The molecule has 0 saturated carbocycles. The highest BCUT2D eigenvalue weighted by Gasteiger charge is 2.25. The molecule has 1 N–H and O–H groups in total. The van der Waals surface area contributed by atoms with E-state index >= 15 is 0 Å². The van der Waals surface area contributed by atoms with Crippen molar-refractivity contribution < 1.29 is 4.79 Å². The number of carbonyl (C=O) groups excluding carboxylic acids is 1. The molecule has 1 saturated heterocycles. The third-order valence-corrected chi connectivity index (χ3v) is 4.81. The topological polar surface area (TPSA) is 67.2 Å². The maximum Gasteiger partial charge on any atom is 0.268 e. The number of aryl methyl sites for hydroxylation is 1. The van der Waals surface area contributed by atoms with E-state index in [0.717, 1.165) is 57.4 Å². The molecular weight excluding hydrogens is 304 g/mol. The highest BCUT2D eigenvalue weighted by molar-refractivity contribution is 5.78. The van der Waals surface area contributed by atoms with Gasteiger partial charge < -0.3 is 10.2 Å². The first-order valence-electron chi connectivity index (χ1n) is 9.11. The summed E-state index contributed by atoms with van der Waals surface area (Å²) >= 11 is 0. The van der Waals surface area contributed by atoms with Gasteiger partial charge >= 0.3 is 0 Å². The Hall–Kier alpha value is -1.85. The van der Waals surface area contributed by atoms with E-state index in [4.69, 9.17) is 0 Å². The maximum atomic E-state index is 12.3. The monoisotopic (exact) mass is 334 g/mol. The molecule has 0 unspecified atom stereocenters. The van der Waals surface area contributed by atoms with Crippen LogP contribution in [0.25, 0.3) is 0 Å². The van der Waals surface area contributed by atoms with Gasteiger partial charge in [-0.3, -0.25) is 9.59 Å². The van der Waals surface area contributed by atoms with Crippen molar-refractivity contribution in [2.75, 3.05) is 24.5 Å². The van der Waals surface area contributed by atoms with Crippen molar-refractivity contribution in [3.05, 3.63) is 22.6 Å². The number of aromatic nitrogens is 2. The Kier molecular flexibility index (Phi) is 6.82. The lowest BCUT2D eigenvalue weighted by Gasteiger charge is -2.19. The minimum Gasteiger partial charge on any atom is -0.370 e. The van der Waals surface area contributed by atoms with Crippen molar-refractivity contribution in [1.82, 2.24) is 15.1 Å². The van der Waals surface area contributed by atoms with Gasteiger partial charge in [0.25, 0.3) is 5.56 Å². The van der Waals surface area contributed by atoms with Gasteiger partial charge in [-0.2, -0.15) is 5.10 Å². The standard InChI is InChI=1S/C18H30N4O2/c1-4-6-15(7-5-2)18(24)19-11-14-8-9-22(13-14)16-10-17(23)21(3)20-12-16/h10,12,14-15H,4-9,11,13H2,1-3H3,(H,19,24)/t14-/m1/s1. The molecule has 134 valence electrons. The summed E-state index contributed by atoms with van der Waals surface area (Å²) in [4.78, 5) is 26.2. The molecule has 1 aliphatic heterocycles. The molecule has 0 aliphatic carbocycles. The Labute approximate surface area is 144 Å². The van der Waals surface area contributed by atoms with Crippen LogP contribution in [0.5, 0.6) is 0 Å². The summed E-state index contributed by atoms with van der Waals surface area (Å²) < 4.78 is 1.33. The molecule has 1 fully saturated rings. The van der Waals surface area contributed by atoms with Gasteiger partial charge in [0, 0.05) is 38.7 Å². The van der Waals surface area contributed by atoms with Crippen LogP contribution in [0.15, 0.2) is 17.1 Å². The second-order valence-electron chi connectivity index (χ2n) is 6.80. The summed E-state index contributed by atoms with van der Waals surface area (Å²) in [5, 5.41) is 7.22. The highest BCUT2D eigenvalue weighted by atomic mass is 16.2. The fourth-order valence-corrected chi connectivity index (χ4v) is 3.36. The third kappa shape index (κ3) is 4.82. The number of carbonyl (C=O) groups is 1. The van der Waals surface area contributed by atoms with Crippen LogP contribution in [0.3, 0.4) is 0 Å². The zero-order chi connectivity index (χ0) is 17.5. The zero-order valence-electron chi connectivity index (χ0n) is 15.1. The van der Waals surface area contributed by atoms with Crippen molar-refractivity contribution in [1.29, 1.82) is 0 Å². The first-order chi connectivity index (χ1) is 11.5. The second kappa shape index (κ2) is 8.85.